The van der Waals surface area contributed by atoms with Gasteiger partial charge in [0.05, 0.1) is 0 Å². The van der Waals surface area contributed by atoms with E-state index in [-0.39, 0.29) is 5.60 Å². The van der Waals surface area contributed by atoms with Crippen LogP contribution in [0.1, 0.15) is 33.6 Å². The van der Waals surface area contributed by atoms with E-state index in [0.29, 0.717) is 0 Å². The van der Waals surface area contributed by atoms with Gasteiger partial charge in [-0.1, -0.05) is 18.7 Å². The van der Waals surface area contributed by atoms with Crippen LogP contribution in [0, 0.1) is 0 Å². The highest BCUT2D eigenvalue weighted by Gasteiger charge is 2.25. The normalized spacial score (nSPS) is 21.8. The van der Waals surface area contributed by atoms with Crippen LogP contribution in [0.4, 0.5) is 0 Å². The van der Waals surface area contributed by atoms with Crippen LogP contribution in [0.3, 0.4) is 0 Å². The lowest BCUT2D eigenvalue weighted by atomic mass is 9.94. The highest BCUT2D eigenvalue weighted by Crippen LogP contribution is 2.32. The van der Waals surface area contributed by atoms with Crippen LogP contribution in [0.25, 0.3) is 0 Å². The topological polar surface area (TPSA) is 9.23 Å². The van der Waals surface area contributed by atoms with Crippen LogP contribution in [0.2, 0.25) is 0 Å². The van der Waals surface area contributed by atoms with Gasteiger partial charge in [0.25, 0.3) is 0 Å². The molecule has 0 N–H and O–H groups in total. The van der Waals surface area contributed by atoms with Gasteiger partial charge in [-0.05, 0) is 45.3 Å². The van der Waals surface area contributed by atoms with Crippen LogP contribution in [0.15, 0.2) is 36.1 Å². The van der Waals surface area contributed by atoms with E-state index in [9.17, 15) is 0 Å². The van der Waals surface area contributed by atoms with E-state index in [1.54, 1.807) is 6.08 Å². The van der Waals surface area contributed by atoms with E-state index >= 15 is 0 Å². The van der Waals surface area contributed by atoms with E-state index in [0.717, 1.165) is 18.6 Å². The number of hydrogen-bond acceptors (Lipinski definition) is 1. The smallest absolute Gasteiger partial charge is 0.122 e. The highest BCUT2D eigenvalue weighted by atomic mass is 16.5. The highest BCUT2D eigenvalue weighted by molar-refractivity contribution is 5.30. The third kappa shape index (κ3) is 2.48. The zero-order chi connectivity index (χ0) is 9.90. The van der Waals surface area contributed by atoms with E-state index in [4.69, 9.17) is 4.74 Å². The Hall–Kier alpha value is -0.980. The average Bonchev–Trinajstić information content (AvgIpc) is 2.08. The molecule has 0 bridgehead atoms. The molecule has 0 unspecified atom stereocenters. The number of rotatable bonds is 2. The van der Waals surface area contributed by atoms with E-state index in [1.807, 2.05) is 13.0 Å². The van der Waals surface area contributed by atoms with Crippen molar-refractivity contribution in [2.45, 2.75) is 39.2 Å². The summed E-state index contributed by atoms with van der Waals surface area (Å²) >= 11 is 0. The third-order valence-electron chi connectivity index (χ3n) is 2.25. The van der Waals surface area contributed by atoms with Gasteiger partial charge in [-0.25, -0.2) is 0 Å². The maximum atomic E-state index is 5.80. The van der Waals surface area contributed by atoms with Crippen molar-refractivity contribution in [1.29, 1.82) is 0 Å². The molecule has 0 spiro atoms. The maximum Gasteiger partial charge on any atom is 0.122 e. The van der Waals surface area contributed by atoms with Gasteiger partial charge in [0.1, 0.15) is 11.4 Å². The van der Waals surface area contributed by atoms with E-state index in [1.165, 1.54) is 5.57 Å². The summed E-state index contributed by atoms with van der Waals surface area (Å²) in [6.45, 7) is 10.0. The summed E-state index contributed by atoms with van der Waals surface area (Å²) in [5.74, 6) is 0.939. The fourth-order valence-electron chi connectivity index (χ4n) is 1.51. The van der Waals surface area contributed by atoms with Crippen LogP contribution in [-0.2, 0) is 4.74 Å². The summed E-state index contributed by atoms with van der Waals surface area (Å²) < 4.78 is 5.80. The van der Waals surface area contributed by atoms with Gasteiger partial charge in [0.15, 0.2) is 0 Å². The Morgan fingerprint density at radius 1 is 1.46 bits per heavy atom. The molecule has 1 heterocycles. The second kappa shape index (κ2) is 3.82. The molecule has 1 nitrogen and oxygen atoms in total. The molecule has 72 valence electrons. The summed E-state index contributed by atoms with van der Waals surface area (Å²) in [7, 11) is 0. The summed E-state index contributed by atoms with van der Waals surface area (Å²) in [6, 6.07) is 0. The van der Waals surface area contributed by atoms with Crippen molar-refractivity contribution in [3.63, 3.8) is 0 Å². The molecule has 0 saturated carbocycles. The first-order chi connectivity index (χ1) is 6.09. The fourth-order valence-corrected chi connectivity index (χ4v) is 1.51. The predicted octanol–water partition coefficient (Wildman–Crippen LogP) is 3.59. The molecule has 0 aromatic rings. The Balaban J connectivity index is 2.91. The van der Waals surface area contributed by atoms with Crippen LogP contribution in [-0.4, -0.2) is 5.60 Å². The van der Waals surface area contributed by atoms with Crippen molar-refractivity contribution in [1.82, 2.24) is 0 Å². The fraction of sp³-hybridized carbons (Fsp3) is 0.500. The molecular weight excluding hydrogens is 160 g/mol. The Morgan fingerprint density at radius 3 is 2.69 bits per heavy atom. The summed E-state index contributed by atoms with van der Waals surface area (Å²) in [5.41, 5.74) is 1.23. The molecule has 0 aromatic carbocycles. The lowest BCUT2D eigenvalue weighted by molar-refractivity contribution is 0.0211. The molecule has 1 rings (SSSR count). The molecule has 1 aliphatic heterocycles. The van der Waals surface area contributed by atoms with E-state index < -0.39 is 0 Å². The quantitative estimate of drug-likeness (QED) is 0.628. The molecule has 0 amide bonds. The summed E-state index contributed by atoms with van der Waals surface area (Å²) in [4.78, 5) is 0. The Morgan fingerprint density at radius 2 is 2.15 bits per heavy atom. The Bertz CT molecular complexity index is 256. The van der Waals surface area contributed by atoms with Gasteiger partial charge < -0.3 is 4.74 Å². The molecule has 0 aromatic heterocycles. The minimum atomic E-state index is -0.0331. The van der Waals surface area contributed by atoms with Gasteiger partial charge in [-0.3, -0.25) is 0 Å². The standard InChI is InChI=1S/C12H18O/c1-5-7-10-8-9-12(3,4)13-11(10)6-2/h5-7H,2,8-9H2,1,3-4H3/b7-5-. The lowest BCUT2D eigenvalue weighted by Gasteiger charge is -2.32. The Labute approximate surface area is 80.8 Å². The molecule has 13 heavy (non-hydrogen) atoms. The third-order valence-corrected chi connectivity index (χ3v) is 2.25. The van der Waals surface area contributed by atoms with Gasteiger partial charge in [-0.15, -0.1) is 0 Å². The van der Waals surface area contributed by atoms with Crippen molar-refractivity contribution >= 4 is 0 Å². The van der Waals surface area contributed by atoms with Crippen molar-refractivity contribution in [2.75, 3.05) is 0 Å². The zero-order valence-corrected chi connectivity index (χ0v) is 8.76. The SMILES string of the molecule is C=CC1=C(/C=C\C)CCC(C)(C)O1. The zero-order valence-electron chi connectivity index (χ0n) is 8.76. The monoisotopic (exact) mass is 178 g/mol. The first-order valence-corrected chi connectivity index (χ1v) is 4.76. The van der Waals surface area contributed by atoms with Gasteiger partial charge >= 0.3 is 0 Å². The molecule has 1 aliphatic rings. The lowest BCUT2D eigenvalue weighted by Crippen LogP contribution is -2.27. The second-order valence-corrected chi connectivity index (χ2v) is 3.96. The molecule has 0 radical (unpaired) electrons. The number of allylic oxidation sites excluding steroid dienone is 4. The van der Waals surface area contributed by atoms with Crippen molar-refractivity contribution in [3.05, 3.63) is 36.1 Å². The van der Waals surface area contributed by atoms with Crippen molar-refractivity contribution < 1.29 is 4.74 Å². The average molecular weight is 178 g/mol. The number of hydrogen-bond donors (Lipinski definition) is 0. The predicted molar refractivity (Wildman–Crippen MR) is 56.4 cm³/mol. The summed E-state index contributed by atoms with van der Waals surface area (Å²) in [5, 5.41) is 0. The number of ether oxygens (including phenoxy) is 1. The Kier molecular flexibility index (Phi) is 2.97. The molecule has 0 saturated heterocycles. The van der Waals surface area contributed by atoms with E-state index in [2.05, 4.69) is 26.5 Å². The molecule has 0 fully saturated rings. The van der Waals surface area contributed by atoms with Gasteiger partial charge in [0, 0.05) is 0 Å². The maximum absolute atomic E-state index is 5.80. The van der Waals surface area contributed by atoms with Crippen molar-refractivity contribution in [3.8, 4) is 0 Å². The first kappa shape index (κ1) is 10.1. The molecular formula is C12H18O. The molecule has 0 aliphatic carbocycles. The van der Waals surface area contributed by atoms with Gasteiger partial charge in [-0.2, -0.15) is 0 Å². The van der Waals surface area contributed by atoms with Crippen LogP contribution in [0.5, 0.6) is 0 Å². The second-order valence-electron chi connectivity index (χ2n) is 3.96. The van der Waals surface area contributed by atoms with Crippen LogP contribution < -0.4 is 0 Å². The molecule has 1 heteroatoms. The van der Waals surface area contributed by atoms with Crippen LogP contribution >= 0.6 is 0 Å². The first-order valence-electron chi connectivity index (χ1n) is 4.76. The largest absolute Gasteiger partial charge is 0.488 e. The minimum Gasteiger partial charge on any atom is -0.488 e. The van der Waals surface area contributed by atoms with Crippen molar-refractivity contribution in [2.24, 2.45) is 0 Å². The molecule has 0 atom stereocenters. The minimum absolute atomic E-state index is 0.0331. The summed E-state index contributed by atoms with van der Waals surface area (Å²) in [6.07, 6.45) is 8.10. The van der Waals surface area contributed by atoms with Gasteiger partial charge in [0.2, 0.25) is 0 Å².